The Hall–Kier alpha value is -0.636. The number of esters is 1. The number of cyclic esters (lactones) is 1. The smallest absolute Gasteiger partial charge is 0.337 e. The van der Waals surface area contributed by atoms with Crippen molar-refractivity contribution >= 4 is 22.6 Å². The highest BCUT2D eigenvalue weighted by Gasteiger charge is 2.47. The molecule has 0 bridgehead atoms. The highest BCUT2D eigenvalue weighted by molar-refractivity contribution is 6.74. The zero-order valence-electron chi connectivity index (χ0n) is 17.6. The molecule has 0 radical (unpaired) electrons. The van der Waals surface area contributed by atoms with Crippen molar-refractivity contribution in [1.29, 1.82) is 0 Å². The van der Waals surface area contributed by atoms with Gasteiger partial charge in [-0.25, -0.2) is 4.79 Å². The first-order chi connectivity index (χ1) is 11.0. The zero-order chi connectivity index (χ0) is 19.7. The summed E-state index contributed by atoms with van der Waals surface area (Å²) < 4.78 is 23.8. The van der Waals surface area contributed by atoms with E-state index in [0.29, 0.717) is 0 Å². The number of hydrogen-bond acceptors (Lipinski definition) is 5. The van der Waals surface area contributed by atoms with Crippen LogP contribution in [0.3, 0.4) is 0 Å². The van der Waals surface area contributed by atoms with Crippen molar-refractivity contribution < 1.29 is 23.1 Å². The summed E-state index contributed by atoms with van der Waals surface area (Å²) in [7, 11) is -4.02. The maximum atomic E-state index is 11.8. The predicted molar refractivity (Wildman–Crippen MR) is 105 cm³/mol. The molecule has 146 valence electrons. The van der Waals surface area contributed by atoms with E-state index in [1.807, 2.05) is 0 Å². The Morgan fingerprint density at radius 3 is 1.64 bits per heavy atom. The monoisotopic (exact) mass is 388 g/mol. The fourth-order valence-corrected chi connectivity index (χ4v) is 3.66. The summed E-state index contributed by atoms with van der Waals surface area (Å²) in [4.78, 5) is 11.8. The topological polar surface area (TPSA) is 54.0 Å². The lowest BCUT2D eigenvalue weighted by molar-refractivity contribution is -0.238. The molecule has 0 fully saturated rings. The molecule has 0 unspecified atom stereocenters. The number of rotatable bonds is 6. The van der Waals surface area contributed by atoms with E-state index in [4.69, 9.17) is 18.3 Å². The highest BCUT2D eigenvalue weighted by atomic mass is 28.4. The van der Waals surface area contributed by atoms with E-state index in [9.17, 15) is 4.79 Å². The van der Waals surface area contributed by atoms with Crippen LogP contribution in [0, 0.1) is 0 Å². The van der Waals surface area contributed by atoms with Crippen LogP contribution in [0.25, 0.3) is 0 Å². The van der Waals surface area contributed by atoms with E-state index in [0.717, 1.165) is 0 Å². The van der Waals surface area contributed by atoms with Crippen molar-refractivity contribution in [2.75, 3.05) is 13.2 Å². The van der Waals surface area contributed by atoms with Crippen molar-refractivity contribution in [3.8, 4) is 0 Å². The molecule has 1 aliphatic rings. The number of carbonyl (C=O) groups is 1. The average molecular weight is 389 g/mol. The van der Waals surface area contributed by atoms with Crippen LogP contribution in [0.4, 0.5) is 0 Å². The van der Waals surface area contributed by atoms with Gasteiger partial charge in [0.1, 0.15) is 13.2 Å². The molecule has 0 saturated heterocycles. The van der Waals surface area contributed by atoms with Gasteiger partial charge in [0.15, 0.2) is 16.6 Å². The van der Waals surface area contributed by atoms with Gasteiger partial charge in [-0.2, -0.15) is 0 Å². The van der Waals surface area contributed by atoms with E-state index in [2.05, 4.69) is 67.7 Å². The molecule has 0 N–H and O–H groups in total. The molecule has 1 aliphatic heterocycles. The summed E-state index contributed by atoms with van der Waals surface area (Å²) in [5.41, 5.74) is 0. The molecule has 7 heteroatoms. The molecular formula is C18H36O5Si2. The lowest BCUT2D eigenvalue weighted by Gasteiger charge is -2.43. The summed E-state index contributed by atoms with van der Waals surface area (Å²) >= 11 is 0. The van der Waals surface area contributed by atoms with Crippen LogP contribution >= 0.6 is 0 Å². The Morgan fingerprint density at radius 1 is 0.920 bits per heavy atom. The Labute approximate surface area is 155 Å². The molecule has 0 aromatic rings. The van der Waals surface area contributed by atoms with Crippen molar-refractivity contribution in [2.45, 2.75) is 83.6 Å². The Kier molecular flexibility index (Phi) is 6.43. The largest absolute Gasteiger partial charge is 0.455 e. The lowest BCUT2D eigenvalue weighted by Crippen LogP contribution is -2.54. The second kappa shape index (κ2) is 7.17. The van der Waals surface area contributed by atoms with Gasteiger partial charge in [-0.15, -0.1) is 0 Å². The van der Waals surface area contributed by atoms with E-state index in [-0.39, 0.29) is 23.3 Å². The van der Waals surface area contributed by atoms with Crippen LogP contribution in [0.1, 0.15) is 41.5 Å². The minimum atomic E-state index is -2.01. The molecule has 0 aliphatic carbocycles. The van der Waals surface area contributed by atoms with E-state index >= 15 is 0 Å². The van der Waals surface area contributed by atoms with Gasteiger partial charge < -0.3 is 18.3 Å². The van der Waals surface area contributed by atoms with Crippen molar-refractivity contribution in [3.63, 3.8) is 0 Å². The molecule has 25 heavy (non-hydrogen) atoms. The minimum absolute atomic E-state index is 0.0585. The fraction of sp³-hybridized carbons (Fsp3) is 0.833. The van der Waals surface area contributed by atoms with Gasteiger partial charge in [-0.1, -0.05) is 41.5 Å². The normalized spacial score (nSPS) is 18.7. The van der Waals surface area contributed by atoms with Gasteiger partial charge in [0, 0.05) is 0 Å². The summed E-state index contributed by atoms with van der Waals surface area (Å²) in [5, 5.41) is 0.117. The fourth-order valence-electron chi connectivity index (χ4n) is 1.64. The van der Waals surface area contributed by atoms with Crippen molar-refractivity contribution in [1.82, 2.24) is 0 Å². The van der Waals surface area contributed by atoms with Crippen LogP contribution in [-0.2, 0) is 23.1 Å². The van der Waals surface area contributed by atoms with Gasteiger partial charge in [0.05, 0.1) is 12.3 Å². The van der Waals surface area contributed by atoms with Gasteiger partial charge in [0.2, 0.25) is 0 Å². The van der Waals surface area contributed by atoms with Crippen LogP contribution < -0.4 is 0 Å². The second-order valence-corrected chi connectivity index (χ2v) is 19.5. The molecule has 1 heterocycles. The van der Waals surface area contributed by atoms with Crippen molar-refractivity contribution in [2.24, 2.45) is 0 Å². The van der Waals surface area contributed by atoms with E-state index < -0.39 is 28.4 Å². The van der Waals surface area contributed by atoms with Crippen LogP contribution in [-0.4, -0.2) is 41.6 Å². The third kappa shape index (κ3) is 5.67. The molecule has 0 amide bonds. The SMILES string of the molecule is CC(C)(C)[Si](C)(C)OCC1(CO[Si](C)(C)C(C)(C)C)OC=CC(=O)O1. The maximum absolute atomic E-state index is 11.8. The average Bonchev–Trinajstić information content (AvgIpc) is 2.41. The quantitative estimate of drug-likeness (QED) is 0.482. The third-order valence-corrected chi connectivity index (χ3v) is 14.6. The summed E-state index contributed by atoms with van der Waals surface area (Å²) in [6, 6.07) is 0. The second-order valence-electron chi connectivity index (χ2n) is 9.85. The molecule has 0 aromatic heterocycles. The number of hydrogen-bond donors (Lipinski definition) is 0. The van der Waals surface area contributed by atoms with Crippen LogP contribution in [0.5, 0.6) is 0 Å². The van der Waals surface area contributed by atoms with Crippen LogP contribution in [0.2, 0.25) is 36.3 Å². The predicted octanol–water partition coefficient (Wildman–Crippen LogP) is 4.81. The van der Waals surface area contributed by atoms with Gasteiger partial charge in [-0.3, -0.25) is 0 Å². The van der Waals surface area contributed by atoms with Gasteiger partial charge in [0.25, 0.3) is 5.79 Å². The number of carbonyl (C=O) groups excluding carboxylic acids is 1. The Morgan fingerprint density at radius 2 is 1.32 bits per heavy atom. The minimum Gasteiger partial charge on any atom is -0.455 e. The molecule has 5 nitrogen and oxygen atoms in total. The Bertz CT molecular complexity index is 483. The standard InChI is InChI=1S/C18H36O5Si2/c1-16(2,3)24(7,8)21-13-18(20-12-11-15(19)23-18)14-22-25(9,10)17(4,5)6/h11-12H,13-14H2,1-10H3. The molecule has 0 atom stereocenters. The first-order valence-corrected chi connectivity index (χ1v) is 14.7. The molecule has 0 saturated carbocycles. The summed E-state index contributed by atoms with van der Waals surface area (Å²) in [5.74, 6) is -1.64. The van der Waals surface area contributed by atoms with Gasteiger partial charge >= 0.3 is 5.97 Å². The van der Waals surface area contributed by atoms with E-state index in [1.165, 1.54) is 12.3 Å². The first-order valence-electron chi connectivity index (χ1n) is 8.87. The summed E-state index contributed by atoms with van der Waals surface area (Å²) in [6.45, 7) is 22.0. The maximum Gasteiger partial charge on any atom is 0.337 e. The zero-order valence-corrected chi connectivity index (χ0v) is 19.6. The first kappa shape index (κ1) is 22.4. The van der Waals surface area contributed by atoms with Crippen molar-refractivity contribution in [3.05, 3.63) is 12.3 Å². The summed E-state index contributed by atoms with van der Waals surface area (Å²) in [6.07, 6.45) is 2.66. The third-order valence-electron chi connectivity index (χ3n) is 5.69. The van der Waals surface area contributed by atoms with E-state index in [1.54, 1.807) is 0 Å². The number of ether oxygens (including phenoxy) is 2. The van der Waals surface area contributed by atoms with Crippen LogP contribution in [0.15, 0.2) is 12.3 Å². The highest BCUT2D eigenvalue weighted by Crippen LogP contribution is 2.39. The Balaban J connectivity index is 2.94. The van der Waals surface area contributed by atoms with Gasteiger partial charge in [-0.05, 0) is 36.3 Å². The lowest BCUT2D eigenvalue weighted by atomic mass is 10.2. The molecule has 0 spiro atoms. The molecule has 1 rings (SSSR count). The molecule has 0 aromatic carbocycles. The molecular weight excluding hydrogens is 352 g/mol.